The standard InChI is InChI=1S/C20H36O4.2K/c1-2-3-4-5-6-7-8-9-10-11-12-13-14-15-16-18(20(23)24)17-19(21)22;;/h15-16,18H,2-14,17H2,1H3,(H,21,22)(H,23,24);;/q;2*+1/p-2. The molecular weight excluding hydrogens is 382 g/mol. The molecule has 140 valence electrons. The molecule has 0 saturated heterocycles. The summed E-state index contributed by atoms with van der Waals surface area (Å²) in [5.41, 5.74) is 0. The Kier molecular flexibility index (Phi) is 31.3. The van der Waals surface area contributed by atoms with Gasteiger partial charge < -0.3 is 19.8 Å². The third-order valence-electron chi connectivity index (χ3n) is 4.28. The second-order valence-corrected chi connectivity index (χ2v) is 6.61. The molecule has 0 aromatic heterocycles. The van der Waals surface area contributed by atoms with E-state index in [-0.39, 0.29) is 103 Å². The fourth-order valence-corrected chi connectivity index (χ4v) is 2.77. The summed E-state index contributed by atoms with van der Waals surface area (Å²) >= 11 is 0. The Balaban J connectivity index is -0.00000264. The van der Waals surface area contributed by atoms with E-state index in [0.717, 1.165) is 19.3 Å². The maximum absolute atomic E-state index is 10.7. The number of hydrogen-bond acceptors (Lipinski definition) is 4. The molecule has 1 unspecified atom stereocenters. The number of carbonyl (C=O) groups excluding carboxylic acids is 2. The molecule has 26 heavy (non-hydrogen) atoms. The van der Waals surface area contributed by atoms with Gasteiger partial charge in [0.2, 0.25) is 0 Å². The van der Waals surface area contributed by atoms with Crippen LogP contribution >= 0.6 is 0 Å². The van der Waals surface area contributed by atoms with Crippen LogP contribution in [0.5, 0.6) is 0 Å². The fourth-order valence-electron chi connectivity index (χ4n) is 2.77. The van der Waals surface area contributed by atoms with Gasteiger partial charge in [-0.2, -0.15) is 0 Å². The number of carboxylic acids is 2. The summed E-state index contributed by atoms with van der Waals surface area (Å²) < 4.78 is 0. The zero-order chi connectivity index (χ0) is 18.0. The van der Waals surface area contributed by atoms with Crippen molar-refractivity contribution in [1.29, 1.82) is 0 Å². The van der Waals surface area contributed by atoms with Crippen LogP contribution in [0.4, 0.5) is 0 Å². The van der Waals surface area contributed by atoms with E-state index in [4.69, 9.17) is 0 Å². The molecular formula is C20H34K2O4. The van der Waals surface area contributed by atoms with E-state index in [2.05, 4.69) is 6.92 Å². The molecule has 0 amide bonds. The Morgan fingerprint density at radius 1 is 0.769 bits per heavy atom. The number of allylic oxidation sites excluding steroid dienone is 1. The summed E-state index contributed by atoms with van der Waals surface area (Å²) in [5.74, 6) is -3.79. The third-order valence-corrected chi connectivity index (χ3v) is 4.28. The molecule has 0 aliphatic rings. The van der Waals surface area contributed by atoms with Crippen LogP contribution in [-0.2, 0) is 9.59 Å². The van der Waals surface area contributed by atoms with Crippen LogP contribution in [0, 0.1) is 5.92 Å². The fraction of sp³-hybridized carbons (Fsp3) is 0.800. The number of unbranched alkanes of at least 4 members (excludes halogenated alkanes) is 12. The number of carboxylic acid groups (broad SMARTS) is 2. The van der Waals surface area contributed by atoms with E-state index in [0.29, 0.717) is 0 Å². The van der Waals surface area contributed by atoms with Gasteiger partial charge in [0, 0.05) is 17.9 Å². The van der Waals surface area contributed by atoms with E-state index in [1.807, 2.05) is 0 Å². The average Bonchev–Trinajstić information content (AvgIpc) is 2.53. The maximum atomic E-state index is 10.7. The largest absolute Gasteiger partial charge is 1.00 e. The molecule has 0 spiro atoms. The normalized spacial score (nSPS) is 11.6. The number of aliphatic carboxylic acids is 2. The quantitative estimate of drug-likeness (QED) is 0.145. The Morgan fingerprint density at radius 3 is 1.58 bits per heavy atom. The summed E-state index contributed by atoms with van der Waals surface area (Å²) in [6.07, 6.45) is 18.9. The summed E-state index contributed by atoms with van der Waals surface area (Å²) in [7, 11) is 0. The Hall–Kier alpha value is 1.95. The summed E-state index contributed by atoms with van der Waals surface area (Å²) in [4.78, 5) is 21.2. The molecule has 6 heteroatoms. The number of carbonyl (C=O) groups is 2. The molecule has 0 aromatic rings. The minimum absolute atomic E-state index is 0. The van der Waals surface area contributed by atoms with Crippen LogP contribution in [-0.4, -0.2) is 11.9 Å². The third kappa shape index (κ3) is 24.0. The van der Waals surface area contributed by atoms with E-state index in [1.165, 1.54) is 70.3 Å². The molecule has 1 atom stereocenters. The van der Waals surface area contributed by atoms with Crippen molar-refractivity contribution < 1.29 is 123 Å². The van der Waals surface area contributed by atoms with Gasteiger partial charge in [0.25, 0.3) is 0 Å². The van der Waals surface area contributed by atoms with Crippen molar-refractivity contribution in [1.82, 2.24) is 0 Å². The van der Waals surface area contributed by atoms with E-state index >= 15 is 0 Å². The van der Waals surface area contributed by atoms with Gasteiger partial charge in [-0.1, -0.05) is 89.7 Å². The van der Waals surface area contributed by atoms with Crippen LogP contribution < -0.4 is 113 Å². The zero-order valence-corrected chi connectivity index (χ0v) is 23.5. The summed E-state index contributed by atoms with van der Waals surface area (Å²) in [6.45, 7) is 2.24. The molecule has 0 fully saturated rings. The van der Waals surface area contributed by atoms with Gasteiger partial charge >= 0.3 is 103 Å². The first-order chi connectivity index (χ1) is 11.6. The second-order valence-electron chi connectivity index (χ2n) is 6.61. The molecule has 0 saturated carbocycles. The first-order valence-corrected chi connectivity index (χ1v) is 9.65. The van der Waals surface area contributed by atoms with Crippen molar-refractivity contribution >= 4 is 11.9 Å². The molecule has 0 radical (unpaired) electrons. The SMILES string of the molecule is CCCCCCCCCCCCCCC=CC(CC(=O)[O-])C(=O)[O-].[K+].[K+]. The van der Waals surface area contributed by atoms with Crippen molar-refractivity contribution in [2.24, 2.45) is 5.92 Å². The van der Waals surface area contributed by atoms with Crippen molar-refractivity contribution in [3.05, 3.63) is 12.2 Å². The smallest absolute Gasteiger partial charge is 0.550 e. The van der Waals surface area contributed by atoms with Crippen LogP contribution in [0.1, 0.15) is 96.8 Å². The van der Waals surface area contributed by atoms with Gasteiger partial charge in [-0.3, -0.25) is 0 Å². The first-order valence-electron chi connectivity index (χ1n) is 9.65. The molecule has 0 bridgehead atoms. The Morgan fingerprint density at radius 2 is 1.19 bits per heavy atom. The monoisotopic (exact) mass is 416 g/mol. The molecule has 0 aromatic carbocycles. The second kappa shape index (κ2) is 25.0. The van der Waals surface area contributed by atoms with Gasteiger partial charge in [-0.05, 0) is 19.3 Å². The van der Waals surface area contributed by atoms with Crippen LogP contribution in [0.2, 0.25) is 0 Å². The topological polar surface area (TPSA) is 80.3 Å². The van der Waals surface area contributed by atoms with Gasteiger partial charge in [0.05, 0.1) is 0 Å². The minimum Gasteiger partial charge on any atom is -0.550 e. The van der Waals surface area contributed by atoms with Gasteiger partial charge in [0.15, 0.2) is 0 Å². The predicted octanol–water partition coefficient (Wildman–Crippen LogP) is -2.85. The van der Waals surface area contributed by atoms with Crippen LogP contribution in [0.25, 0.3) is 0 Å². The van der Waals surface area contributed by atoms with Crippen molar-refractivity contribution in [3.8, 4) is 0 Å². The van der Waals surface area contributed by atoms with Gasteiger partial charge in [-0.15, -0.1) is 0 Å². The molecule has 0 N–H and O–H groups in total. The number of rotatable bonds is 17. The van der Waals surface area contributed by atoms with Crippen molar-refractivity contribution in [3.63, 3.8) is 0 Å². The molecule has 0 rings (SSSR count). The maximum Gasteiger partial charge on any atom is 1.00 e. The van der Waals surface area contributed by atoms with Gasteiger partial charge in [0.1, 0.15) is 0 Å². The van der Waals surface area contributed by atoms with Gasteiger partial charge in [-0.25, -0.2) is 0 Å². The molecule has 0 heterocycles. The zero-order valence-electron chi connectivity index (χ0n) is 17.3. The molecule has 0 aliphatic carbocycles. The summed E-state index contributed by atoms with van der Waals surface area (Å²) in [6, 6.07) is 0. The summed E-state index contributed by atoms with van der Waals surface area (Å²) in [5, 5.41) is 21.2. The van der Waals surface area contributed by atoms with Crippen molar-refractivity contribution in [2.45, 2.75) is 96.8 Å². The average molecular weight is 417 g/mol. The van der Waals surface area contributed by atoms with E-state index in [1.54, 1.807) is 6.08 Å². The van der Waals surface area contributed by atoms with Crippen LogP contribution in [0.3, 0.4) is 0 Å². The Bertz CT molecular complexity index is 360. The number of hydrogen-bond donors (Lipinski definition) is 0. The van der Waals surface area contributed by atoms with Crippen LogP contribution in [0.15, 0.2) is 12.2 Å². The molecule has 0 aliphatic heterocycles. The molecule has 4 nitrogen and oxygen atoms in total. The minimum atomic E-state index is -1.36. The first kappa shape index (κ1) is 32.6. The van der Waals surface area contributed by atoms with E-state index in [9.17, 15) is 19.8 Å². The van der Waals surface area contributed by atoms with E-state index < -0.39 is 24.3 Å². The predicted molar refractivity (Wildman–Crippen MR) is 93.0 cm³/mol. The Labute approximate surface area is 245 Å². The van der Waals surface area contributed by atoms with Crippen molar-refractivity contribution in [2.75, 3.05) is 0 Å².